The Hall–Kier alpha value is -0.501. The standard InChI is InChI=1S/C12H12NS.Ir/c1-8-4-5-11-10(6-7-14-11)12(8)9(2)13-3;/h4-5,7H,1-3H3;/q-1;. The summed E-state index contributed by atoms with van der Waals surface area (Å²) in [5, 5.41) is 3.22. The van der Waals surface area contributed by atoms with Gasteiger partial charge in [-0.1, -0.05) is 28.6 Å². The maximum absolute atomic E-state index is 4.25. The first-order valence-electron chi connectivity index (χ1n) is 4.56. The summed E-state index contributed by atoms with van der Waals surface area (Å²) in [6.07, 6.45) is 0. The van der Waals surface area contributed by atoms with Crippen LogP contribution in [0, 0.1) is 13.0 Å². The minimum atomic E-state index is 0. The number of benzene rings is 1. The quantitative estimate of drug-likeness (QED) is 0.519. The van der Waals surface area contributed by atoms with E-state index in [1.165, 1.54) is 21.2 Å². The molecular weight excluding hydrogens is 382 g/mol. The van der Waals surface area contributed by atoms with Gasteiger partial charge in [0.1, 0.15) is 0 Å². The Morgan fingerprint density at radius 1 is 1.40 bits per heavy atom. The third-order valence-electron chi connectivity index (χ3n) is 2.46. The van der Waals surface area contributed by atoms with Crippen LogP contribution in [0.2, 0.25) is 0 Å². The van der Waals surface area contributed by atoms with Gasteiger partial charge in [-0.2, -0.15) is 11.5 Å². The summed E-state index contributed by atoms with van der Waals surface area (Å²) in [7, 11) is 1.83. The first-order valence-corrected chi connectivity index (χ1v) is 5.44. The molecule has 0 atom stereocenters. The van der Waals surface area contributed by atoms with Crippen molar-refractivity contribution in [3.63, 3.8) is 0 Å². The van der Waals surface area contributed by atoms with Crippen LogP contribution in [0.1, 0.15) is 18.1 Å². The summed E-state index contributed by atoms with van der Waals surface area (Å²) >= 11 is 1.73. The molecular formula is C12H12IrNS-. The van der Waals surface area contributed by atoms with Crippen LogP contribution >= 0.6 is 11.3 Å². The Bertz CT molecular complexity index is 499. The Morgan fingerprint density at radius 3 is 2.80 bits per heavy atom. The van der Waals surface area contributed by atoms with Crippen LogP contribution in [-0.2, 0) is 20.1 Å². The zero-order chi connectivity index (χ0) is 10.1. The van der Waals surface area contributed by atoms with Crippen LogP contribution in [-0.4, -0.2) is 12.8 Å². The molecule has 3 heteroatoms. The molecule has 0 spiro atoms. The Balaban J connectivity index is 0.00000112. The van der Waals surface area contributed by atoms with Gasteiger partial charge in [-0.15, -0.1) is 11.6 Å². The zero-order valence-corrected chi connectivity index (χ0v) is 12.1. The minimum Gasteiger partial charge on any atom is -0.306 e. The molecule has 0 saturated heterocycles. The Kier molecular flexibility index (Phi) is 4.21. The predicted octanol–water partition coefficient (Wildman–Crippen LogP) is 3.45. The van der Waals surface area contributed by atoms with E-state index in [4.69, 9.17) is 0 Å². The molecule has 0 bridgehead atoms. The predicted molar refractivity (Wildman–Crippen MR) is 63.5 cm³/mol. The smallest absolute Gasteiger partial charge is 0.0267 e. The van der Waals surface area contributed by atoms with Gasteiger partial charge in [0, 0.05) is 27.2 Å². The fourth-order valence-corrected chi connectivity index (χ4v) is 2.39. The number of fused-ring (bicyclic) bond motifs is 1. The number of aliphatic imine (C=N–C) groups is 1. The van der Waals surface area contributed by atoms with Crippen molar-refractivity contribution in [2.24, 2.45) is 4.99 Å². The van der Waals surface area contributed by atoms with Crippen LogP contribution < -0.4 is 0 Å². The minimum absolute atomic E-state index is 0. The molecule has 1 heterocycles. The van der Waals surface area contributed by atoms with E-state index in [0.717, 1.165) is 5.71 Å². The van der Waals surface area contributed by atoms with Gasteiger partial charge in [-0.25, -0.2) is 11.3 Å². The average molecular weight is 395 g/mol. The zero-order valence-electron chi connectivity index (χ0n) is 8.92. The van der Waals surface area contributed by atoms with Crippen molar-refractivity contribution in [1.82, 2.24) is 0 Å². The molecule has 0 aliphatic carbocycles. The molecule has 0 amide bonds. The molecule has 81 valence electrons. The van der Waals surface area contributed by atoms with E-state index in [9.17, 15) is 0 Å². The number of aryl methyl sites for hydroxylation is 1. The number of rotatable bonds is 1. The number of hydrogen-bond acceptors (Lipinski definition) is 2. The summed E-state index contributed by atoms with van der Waals surface area (Å²) in [5.74, 6) is 0. The molecule has 0 N–H and O–H groups in total. The van der Waals surface area contributed by atoms with E-state index in [2.05, 4.69) is 30.1 Å². The third-order valence-corrected chi connectivity index (χ3v) is 3.29. The van der Waals surface area contributed by atoms with Gasteiger partial charge in [0.05, 0.1) is 0 Å². The van der Waals surface area contributed by atoms with Gasteiger partial charge < -0.3 is 4.99 Å². The maximum Gasteiger partial charge on any atom is 0.0267 e. The summed E-state index contributed by atoms with van der Waals surface area (Å²) < 4.78 is 1.29. The normalized spacial score (nSPS) is 11.5. The van der Waals surface area contributed by atoms with Gasteiger partial charge in [0.25, 0.3) is 0 Å². The fraction of sp³-hybridized carbons (Fsp3) is 0.250. The van der Waals surface area contributed by atoms with Crippen molar-refractivity contribution in [2.75, 3.05) is 7.05 Å². The van der Waals surface area contributed by atoms with Crippen molar-refractivity contribution in [3.8, 4) is 0 Å². The van der Waals surface area contributed by atoms with Crippen molar-refractivity contribution in [1.29, 1.82) is 0 Å². The average Bonchev–Trinajstić information content (AvgIpc) is 2.64. The van der Waals surface area contributed by atoms with Crippen molar-refractivity contribution in [2.45, 2.75) is 13.8 Å². The first kappa shape index (κ1) is 12.6. The molecule has 2 rings (SSSR count). The molecule has 0 aliphatic heterocycles. The summed E-state index contributed by atoms with van der Waals surface area (Å²) in [5.41, 5.74) is 3.60. The molecule has 0 saturated carbocycles. The van der Waals surface area contributed by atoms with Crippen molar-refractivity contribution < 1.29 is 20.1 Å². The van der Waals surface area contributed by atoms with Gasteiger partial charge in [-0.3, -0.25) is 0 Å². The van der Waals surface area contributed by atoms with Crippen LogP contribution in [0.3, 0.4) is 0 Å². The summed E-state index contributed by atoms with van der Waals surface area (Å²) in [6.45, 7) is 4.17. The van der Waals surface area contributed by atoms with Crippen LogP contribution in [0.15, 0.2) is 22.5 Å². The Labute approximate surface area is 108 Å². The van der Waals surface area contributed by atoms with Crippen LogP contribution in [0.25, 0.3) is 10.1 Å². The second-order valence-corrected chi connectivity index (χ2v) is 4.23. The van der Waals surface area contributed by atoms with Crippen LogP contribution in [0.5, 0.6) is 0 Å². The van der Waals surface area contributed by atoms with E-state index in [-0.39, 0.29) is 20.1 Å². The largest absolute Gasteiger partial charge is 0.306 e. The molecule has 1 aromatic carbocycles. The molecule has 0 aliphatic rings. The molecule has 15 heavy (non-hydrogen) atoms. The van der Waals surface area contributed by atoms with Crippen molar-refractivity contribution in [3.05, 3.63) is 34.7 Å². The van der Waals surface area contributed by atoms with E-state index in [1.54, 1.807) is 11.3 Å². The van der Waals surface area contributed by atoms with Crippen molar-refractivity contribution >= 4 is 27.1 Å². The van der Waals surface area contributed by atoms with E-state index in [1.807, 2.05) is 19.4 Å². The topological polar surface area (TPSA) is 12.4 Å². The van der Waals surface area contributed by atoms with E-state index in [0.29, 0.717) is 0 Å². The molecule has 1 aromatic heterocycles. The third kappa shape index (κ3) is 2.20. The monoisotopic (exact) mass is 395 g/mol. The van der Waals surface area contributed by atoms with Crippen LogP contribution in [0.4, 0.5) is 0 Å². The molecule has 0 unspecified atom stereocenters. The Morgan fingerprint density at radius 2 is 2.13 bits per heavy atom. The molecule has 1 nitrogen and oxygen atoms in total. The number of thiophene rings is 1. The molecule has 0 fully saturated rings. The molecule has 2 aromatic rings. The fourth-order valence-electron chi connectivity index (χ4n) is 1.66. The maximum atomic E-state index is 4.25. The summed E-state index contributed by atoms with van der Waals surface area (Å²) in [4.78, 5) is 4.25. The van der Waals surface area contributed by atoms with Gasteiger partial charge in [0.2, 0.25) is 0 Å². The number of nitrogens with zero attached hydrogens (tertiary/aromatic N) is 1. The van der Waals surface area contributed by atoms with Gasteiger partial charge in [0.15, 0.2) is 0 Å². The van der Waals surface area contributed by atoms with Gasteiger partial charge >= 0.3 is 0 Å². The van der Waals surface area contributed by atoms with Gasteiger partial charge in [-0.05, 0) is 12.6 Å². The second kappa shape index (κ2) is 5.02. The second-order valence-electron chi connectivity index (χ2n) is 3.32. The number of hydrogen-bond donors (Lipinski definition) is 0. The van der Waals surface area contributed by atoms with E-state index < -0.39 is 0 Å². The summed E-state index contributed by atoms with van der Waals surface area (Å²) in [6, 6.07) is 7.58. The SMILES string of the molecule is CN=C(C)c1c(C)ccc2sc[c-]c12.[Ir]. The molecule has 1 radical (unpaired) electrons. The van der Waals surface area contributed by atoms with E-state index >= 15 is 0 Å². The first-order chi connectivity index (χ1) is 6.74.